The Morgan fingerprint density at radius 1 is 1.18 bits per heavy atom. The van der Waals surface area contributed by atoms with Crippen molar-refractivity contribution >= 4 is 24.5 Å². The molecule has 0 unspecified atom stereocenters. The van der Waals surface area contributed by atoms with Crippen molar-refractivity contribution < 1.29 is 4.79 Å². The van der Waals surface area contributed by atoms with Crippen LogP contribution < -0.4 is 10.6 Å². The van der Waals surface area contributed by atoms with Gasteiger partial charge in [-0.1, -0.05) is 12.8 Å². The van der Waals surface area contributed by atoms with Gasteiger partial charge >= 0.3 is 0 Å². The lowest BCUT2D eigenvalue weighted by molar-refractivity contribution is 0.0998. The molecule has 6 heteroatoms. The van der Waals surface area contributed by atoms with Crippen LogP contribution in [0.5, 0.6) is 0 Å². The summed E-state index contributed by atoms with van der Waals surface area (Å²) in [7, 11) is 0. The van der Waals surface area contributed by atoms with Gasteiger partial charge in [-0.2, -0.15) is 12.6 Å². The van der Waals surface area contributed by atoms with E-state index in [0.29, 0.717) is 5.56 Å². The first-order chi connectivity index (χ1) is 10.7. The SMILES string of the molecule is NC(=O)c1cnc(N2CCCCC2)nc1CCCCCCS. The summed E-state index contributed by atoms with van der Waals surface area (Å²) in [6, 6.07) is 0. The number of primary amides is 1. The van der Waals surface area contributed by atoms with E-state index in [9.17, 15) is 4.79 Å². The van der Waals surface area contributed by atoms with Crippen LogP contribution in [0, 0.1) is 0 Å². The van der Waals surface area contributed by atoms with Crippen molar-refractivity contribution in [1.29, 1.82) is 0 Å². The van der Waals surface area contributed by atoms with Crippen molar-refractivity contribution in [3.05, 3.63) is 17.5 Å². The minimum Gasteiger partial charge on any atom is -0.365 e. The number of amides is 1. The van der Waals surface area contributed by atoms with E-state index in [4.69, 9.17) is 5.73 Å². The molecule has 0 aromatic carbocycles. The van der Waals surface area contributed by atoms with Gasteiger partial charge in [-0.05, 0) is 44.3 Å². The fourth-order valence-electron chi connectivity index (χ4n) is 2.81. The molecule has 122 valence electrons. The fourth-order valence-corrected chi connectivity index (χ4v) is 3.03. The Morgan fingerprint density at radius 3 is 2.59 bits per heavy atom. The van der Waals surface area contributed by atoms with Crippen molar-refractivity contribution in [2.24, 2.45) is 5.73 Å². The van der Waals surface area contributed by atoms with E-state index in [1.165, 1.54) is 25.7 Å². The van der Waals surface area contributed by atoms with Gasteiger partial charge in [0, 0.05) is 19.3 Å². The van der Waals surface area contributed by atoms with Gasteiger partial charge in [0.05, 0.1) is 11.3 Å². The van der Waals surface area contributed by atoms with Crippen molar-refractivity contribution in [1.82, 2.24) is 9.97 Å². The van der Waals surface area contributed by atoms with E-state index in [1.807, 2.05) is 0 Å². The standard InChI is InChI=1S/C16H26N4OS/c17-15(21)13-12-18-16(20-9-5-3-6-10-20)19-14(13)8-4-1-2-7-11-22/h12,22H,1-11H2,(H2,17,21). The van der Waals surface area contributed by atoms with Gasteiger partial charge in [-0.15, -0.1) is 0 Å². The summed E-state index contributed by atoms with van der Waals surface area (Å²) < 4.78 is 0. The number of piperidine rings is 1. The average Bonchev–Trinajstić information content (AvgIpc) is 2.55. The summed E-state index contributed by atoms with van der Waals surface area (Å²) in [6.45, 7) is 1.99. The molecule has 0 spiro atoms. The lowest BCUT2D eigenvalue weighted by atomic mass is 10.1. The molecular weight excluding hydrogens is 296 g/mol. The molecule has 0 radical (unpaired) electrons. The monoisotopic (exact) mass is 322 g/mol. The van der Waals surface area contributed by atoms with Gasteiger partial charge in [0.2, 0.25) is 5.95 Å². The van der Waals surface area contributed by atoms with E-state index >= 15 is 0 Å². The number of nitrogens with zero attached hydrogens (tertiary/aromatic N) is 3. The number of thiol groups is 1. The first-order valence-corrected chi connectivity index (χ1v) is 8.87. The van der Waals surface area contributed by atoms with Crippen LogP contribution in [0.3, 0.4) is 0 Å². The summed E-state index contributed by atoms with van der Waals surface area (Å²) in [5.41, 5.74) is 6.72. The number of hydrogen-bond donors (Lipinski definition) is 2. The highest BCUT2D eigenvalue weighted by atomic mass is 32.1. The van der Waals surface area contributed by atoms with E-state index in [0.717, 1.165) is 56.2 Å². The minimum atomic E-state index is -0.435. The number of unbranched alkanes of at least 4 members (excludes halogenated alkanes) is 3. The highest BCUT2D eigenvalue weighted by molar-refractivity contribution is 7.80. The molecule has 0 aliphatic carbocycles. The lowest BCUT2D eigenvalue weighted by Crippen LogP contribution is -2.31. The molecule has 2 rings (SSSR count). The molecule has 1 saturated heterocycles. The normalized spacial score (nSPS) is 15.0. The first kappa shape index (κ1) is 17.1. The van der Waals surface area contributed by atoms with E-state index in [2.05, 4.69) is 27.5 Å². The molecule has 22 heavy (non-hydrogen) atoms. The quantitative estimate of drug-likeness (QED) is 0.570. The predicted octanol–water partition coefficient (Wildman–Crippen LogP) is 2.60. The lowest BCUT2D eigenvalue weighted by Gasteiger charge is -2.27. The third kappa shape index (κ3) is 4.87. The molecule has 1 aliphatic heterocycles. The van der Waals surface area contributed by atoms with Crippen LogP contribution in [-0.2, 0) is 6.42 Å². The zero-order valence-electron chi connectivity index (χ0n) is 13.1. The smallest absolute Gasteiger partial charge is 0.252 e. The van der Waals surface area contributed by atoms with Crippen molar-refractivity contribution in [3.63, 3.8) is 0 Å². The van der Waals surface area contributed by atoms with Crippen LogP contribution in [0.2, 0.25) is 0 Å². The molecule has 2 heterocycles. The summed E-state index contributed by atoms with van der Waals surface area (Å²) >= 11 is 4.22. The second-order valence-corrected chi connectivity index (χ2v) is 6.28. The summed E-state index contributed by atoms with van der Waals surface area (Å²) in [4.78, 5) is 22.8. The molecule has 1 aliphatic rings. The number of rotatable bonds is 8. The Balaban J connectivity index is 2.04. The zero-order valence-corrected chi connectivity index (χ0v) is 14.0. The molecule has 1 amide bonds. The molecule has 1 fully saturated rings. The third-order valence-electron chi connectivity index (χ3n) is 4.08. The molecule has 0 saturated carbocycles. The average molecular weight is 322 g/mol. The van der Waals surface area contributed by atoms with E-state index in [-0.39, 0.29) is 0 Å². The van der Waals surface area contributed by atoms with Crippen LogP contribution in [0.15, 0.2) is 6.20 Å². The molecule has 5 nitrogen and oxygen atoms in total. The minimum absolute atomic E-state index is 0.435. The van der Waals surface area contributed by atoms with Crippen molar-refractivity contribution in [2.45, 2.75) is 51.4 Å². The molecular formula is C16H26N4OS. The fraction of sp³-hybridized carbons (Fsp3) is 0.688. The van der Waals surface area contributed by atoms with Crippen molar-refractivity contribution in [2.75, 3.05) is 23.7 Å². The summed E-state index contributed by atoms with van der Waals surface area (Å²) in [5, 5.41) is 0. The first-order valence-electron chi connectivity index (χ1n) is 8.24. The topological polar surface area (TPSA) is 72.1 Å². The molecule has 0 atom stereocenters. The Bertz CT molecular complexity index is 489. The summed E-state index contributed by atoms with van der Waals surface area (Å²) in [5.74, 6) is 1.24. The van der Waals surface area contributed by atoms with Gasteiger partial charge in [0.15, 0.2) is 0 Å². The molecule has 1 aromatic rings. The van der Waals surface area contributed by atoms with Gasteiger partial charge in [-0.3, -0.25) is 4.79 Å². The molecule has 1 aromatic heterocycles. The molecule has 0 bridgehead atoms. The van der Waals surface area contributed by atoms with Crippen LogP contribution in [0.25, 0.3) is 0 Å². The molecule has 2 N–H and O–H groups in total. The van der Waals surface area contributed by atoms with Crippen LogP contribution in [-0.4, -0.2) is 34.7 Å². The Kier molecular flexibility index (Phi) is 6.96. The summed E-state index contributed by atoms with van der Waals surface area (Å²) in [6.07, 6.45) is 10.5. The largest absolute Gasteiger partial charge is 0.365 e. The number of aromatic nitrogens is 2. The Morgan fingerprint density at radius 2 is 1.91 bits per heavy atom. The van der Waals surface area contributed by atoms with Gasteiger partial charge in [0.1, 0.15) is 0 Å². The zero-order chi connectivity index (χ0) is 15.8. The predicted molar refractivity (Wildman–Crippen MR) is 92.6 cm³/mol. The highest BCUT2D eigenvalue weighted by Gasteiger charge is 2.17. The number of carbonyl (C=O) groups is 1. The van der Waals surface area contributed by atoms with E-state index < -0.39 is 5.91 Å². The Hall–Kier alpha value is -1.30. The van der Waals surface area contributed by atoms with E-state index in [1.54, 1.807) is 6.20 Å². The van der Waals surface area contributed by atoms with Gasteiger partial charge in [0.25, 0.3) is 5.91 Å². The van der Waals surface area contributed by atoms with Crippen molar-refractivity contribution in [3.8, 4) is 0 Å². The highest BCUT2D eigenvalue weighted by Crippen LogP contribution is 2.18. The number of anilines is 1. The number of nitrogens with two attached hydrogens (primary N) is 1. The Labute approximate surface area is 138 Å². The van der Waals surface area contributed by atoms with Gasteiger partial charge < -0.3 is 10.6 Å². The van der Waals surface area contributed by atoms with Crippen LogP contribution >= 0.6 is 12.6 Å². The third-order valence-corrected chi connectivity index (χ3v) is 4.40. The second kappa shape index (κ2) is 8.98. The number of hydrogen-bond acceptors (Lipinski definition) is 5. The maximum absolute atomic E-state index is 11.6. The van der Waals surface area contributed by atoms with Crippen LogP contribution in [0.1, 0.15) is 61.0 Å². The maximum atomic E-state index is 11.6. The van der Waals surface area contributed by atoms with Gasteiger partial charge in [-0.25, -0.2) is 9.97 Å². The van der Waals surface area contributed by atoms with Crippen LogP contribution in [0.4, 0.5) is 5.95 Å². The second-order valence-electron chi connectivity index (χ2n) is 5.83. The number of carbonyl (C=O) groups excluding carboxylic acids is 1. The maximum Gasteiger partial charge on any atom is 0.252 e. The number of aryl methyl sites for hydroxylation is 1.